The van der Waals surface area contributed by atoms with Gasteiger partial charge in [-0.05, 0) is 29.3 Å². The monoisotopic (exact) mass is 335 g/mol. The van der Waals surface area contributed by atoms with Crippen LogP contribution >= 0.6 is 0 Å². The first-order valence-electron chi connectivity index (χ1n) is 7.72. The SMILES string of the molecule is COc1ccc(-c2ccc(OCc3ccccc3)nc2)cc1C(=O)O. The Labute approximate surface area is 145 Å². The lowest BCUT2D eigenvalue weighted by atomic mass is 10.0. The average molecular weight is 335 g/mol. The van der Waals surface area contributed by atoms with E-state index in [0.717, 1.165) is 16.7 Å². The number of rotatable bonds is 6. The number of carboxylic acid groups (broad SMARTS) is 1. The van der Waals surface area contributed by atoms with Crippen LogP contribution in [0.1, 0.15) is 15.9 Å². The molecule has 2 aromatic carbocycles. The summed E-state index contributed by atoms with van der Waals surface area (Å²) in [6.07, 6.45) is 1.66. The number of aromatic carboxylic acids is 1. The highest BCUT2D eigenvalue weighted by Gasteiger charge is 2.12. The zero-order valence-electron chi connectivity index (χ0n) is 13.7. The topological polar surface area (TPSA) is 68.7 Å². The quantitative estimate of drug-likeness (QED) is 0.736. The lowest BCUT2D eigenvalue weighted by Crippen LogP contribution is -2.01. The molecular formula is C20H17NO4. The lowest BCUT2D eigenvalue weighted by molar-refractivity contribution is 0.0693. The second-order valence-corrected chi connectivity index (χ2v) is 5.38. The molecule has 0 aliphatic carbocycles. The van der Waals surface area contributed by atoms with Gasteiger partial charge in [-0.2, -0.15) is 0 Å². The number of aromatic nitrogens is 1. The molecule has 0 radical (unpaired) electrons. The van der Waals surface area contributed by atoms with Crippen LogP contribution in [0.3, 0.4) is 0 Å². The molecule has 1 N–H and O–H groups in total. The molecule has 0 atom stereocenters. The van der Waals surface area contributed by atoms with Gasteiger partial charge in [0, 0.05) is 17.8 Å². The lowest BCUT2D eigenvalue weighted by Gasteiger charge is -2.09. The number of benzene rings is 2. The number of nitrogens with zero attached hydrogens (tertiary/aromatic N) is 1. The minimum Gasteiger partial charge on any atom is -0.496 e. The molecule has 5 heteroatoms. The van der Waals surface area contributed by atoms with Gasteiger partial charge >= 0.3 is 5.97 Å². The number of carbonyl (C=O) groups is 1. The minimum absolute atomic E-state index is 0.115. The summed E-state index contributed by atoms with van der Waals surface area (Å²) in [5.41, 5.74) is 2.73. The van der Waals surface area contributed by atoms with Crippen LogP contribution in [0.5, 0.6) is 11.6 Å². The van der Waals surface area contributed by atoms with Gasteiger partial charge in [-0.25, -0.2) is 9.78 Å². The van der Waals surface area contributed by atoms with Crippen LogP contribution in [0.2, 0.25) is 0 Å². The molecule has 0 fully saturated rings. The smallest absolute Gasteiger partial charge is 0.339 e. The van der Waals surface area contributed by atoms with Gasteiger partial charge in [0.15, 0.2) is 0 Å². The molecule has 3 rings (SSSR count). The summed E-state index contributed by atoms with van der Waals surface area (Å²) in [5.74, 6) is -0.193. The maximum Gasteiger partial charge on any atom is 0.339 e. The Kier molecular flexibility index (Phi) is 4.95. The van der Waals surface area contributed by atoms with Crippen LogP contribution in [-0.4, -0.2) is 23.2 Å². The van der Waals surface area contributed by atoms with E-state index in [-0.39, 0.29) is 5.56 Å². The van der Waals surface area contributed by atoms with Crippen LogP contribution in [0.15, 0.2) is 66.9 Å². The number of pyridine rings is 1. The van der Waals surface area contributed by atoms with Crippen molar-refractivity contribution in [2.24, 2.45) is 0 Å². The zero-order chi connectivity index (χ0) is 17.6. The highest BCUT2D eigenvalue weighted by atomic mass is 16.5. The van der Waals surface area contributed by atoms with Crippen molar-refractivity contribution in [1.29, 1.82) is 0 Å². The normalized spacial score (nSPS) is 10.3. The maximum absolute atomic E-state index is 11.3. The fourth-order valence-corrected chi connectivity index (χ4v) is 2.42. The third-order valence-corrected chi connectivity index (χ3v) is 3.73. The van der Waals surface area contributed by atoms with Crippen molar-refractivity contribution in [3.63, 3.8) is 0 Å². The van der Waals surface area contributed by atoms with Gasteiger partial charge in [0.05, 0.1) is 7.11 Å². The Morgan fingerprint density at radius 2 is 1.80 bits per heavy atom. The summed E-state index contributed by atoms with van der Waals surface area (Å²) < 4.78 is 10.7. The molecule has 5 nitrogen and oxygen atoms in total. The van der Waals surface area contributed by atoms with Crippen molar-refractivity contribution < 1.29 is 19.4 Å². The Morgan fingerprint density at radius 3 is 2.44 bits per heavy atom. The van der Waals surface area contributed by atoms with Crippen molar-refractivity contribution >= 4 is 5.97 Å². The van der Waals surface area contributed by atoms with Gasteiger partial charge in [0.25, 0.3) is 0 Å². The third kappa shape index (κ3) is 3.95. The van der Waals surface area contributed by atoms with Crippen molar-refractivity contribution in [3.05, 3.63) is 78.0 Å². The van der Waals surface area contributed by atoms with E-state index in [2.05, 4.69) is 4.98 Å². The molecule has 0 unspecified atom stereocenters. The standard InChI is InChI=1S/C20H17NO4/c1-24-18-9-7-15(11-17(18)20(22)23)16-8-10-19(21-12-16)25-13-14-5-3-2-4-6-14/h2-12H,13H2,1H3,(H,22,23). The number of methoxy groups -OCH3 is 1. The van der Waals surface area contributed by atoms with E-state index < -0.39 is 5.97 Å². The Bertz CT molecular complexity index is 861. The second kappa shape index (κ2) is 7.49. The molecule has 1 heterocycles. The number of hydrogen-bond acceptors (Lipinski definition) is 4. The first-order chi connectivity index (χ1) is 12.2. The highest BCUT2D eigenvalue weighted by Crippen LogP contribution is 2.27. The average Bonchev–Trinajstić information content (AvgIpc) is 2.67. The van der Waals surface area contributed by atoms with E-state index in [1.165, 1.54) is 7.11 Å². The predicted molar refractivity (Wildman–Crippen MR) is 94.0 cm³/mol. The van der Waals surface area contributed by atoms with E-state index in [4.69, 9.17) is 9.47 Å². The molecule has 0 amide bonds. The molecule has 25 heavy (non-hydrogen) atoms. The van der Waals surface area contributed by atoms with Gasteiger partial charge in [-0.1, -0.05) is 36.4 Å². The number of hydrogen-bond donors (Lipinski definition) is 1. The van der Waals surface area contributed by atoms with Crippen molar-refractivity contribution in [1.82, 2.24) is 4.98 Å². The zero-order valence-corrected chi connectivity index (χ0v) is 13.7. The van der Waals surface area contributed by atoms with Crippen LogP contribution < -0.4 is 9.47 Å². The molecule has 0 saturated carbocycles. The predicted octanol–water partition coefficient (Wildman–Crippen LogP) is 4.03. The molecule has 1 aromatic heterocycles. The summed E-state index contributed by atoms with van der Waals surface area (Å²) >= 11 is 0. The van der Waals surface area contributed by atoms with E-state index in [9.17, 15) is 9.90 Å². The van der Waals surface area contributed by atoms with Gasteiger partial charge in [-0.3, -0.25) is 0 Å². The molecule has 0 bridgehead atoms. The second-order valence-electron chi connectivity index (χ2n) is 5.38. The summed E-state index contributed by atoms with van der Waals surface area (Å²) in [6, 6.07) is 18.5. The fraction of sp³-hybridized carbons (Fsp3) is 0.100. The first kappa shape index (κ1) is 16.5. The van der Waals surface area contributed by atoms with Gasteiger partial charge in [0.1, 0.15) is 17.9 Å². The van der Waals surface area contributed by atoms with Crippen molar-refractivity contribution in [2.45, 2.75) is 6.61 Å². The Morgan fingerprint density at radius 1 is 1.04 bits per heavy atom. The van der Waals surface area contributed by atoms with Gasteiger partial charge in [-0.15, -0.1) is 0 Å². The first-order valence-corrected chi connectivity index (χ1v) is 7.72. The summed E-state index contributed by atoms with van der Waals surface area (Å²) in [7, 11) is 1.45. The molecule has 126 valence electrons. The highest BCUT2D eigenvalue weighted by molar-refractivity contribution is 5.92. The summed E-state index contributed by atoms with van der Waals surface area (Å²) in [4.78, 5) is 15.6. The molecular weight excluding hydrogens is 318 g/mol. The largest absolute Gasteiger partial charge is 0.496 e. The summed E-state index contributed by atoms with van der Waals surface area (Å²) in [6.45, 7) is 0.443. The minimum atomic E-state index is -1.03. The van der Waals surface area contributed by atoms with E-state index >= 15 is 0 Å². The molecule has 0 spiro atoms. The van der Waals surface area contributed by atoms with Crippen molar-refractivity contribution in [3.8, 4) is 22.8 Å². The van der Waals surface area contributed by atoms with E-state index in [1.807, 2.05) is 36.4 Å². The van der Waals surface area contributed by atoms with E-state index in [1.54, 1.807) is 30.5 Å². The van der Waals surface area contributed by atoms with Gasteiger partial charge in [0.2, 0.25) is 5.88 Å². The van der Waals surface area contributed by atoms with Crippen molar-refractivity contribution in [2.75, 3.05) is 7.11 Å². The number of ether oxygens (including phenoxy) is 2. The third-order valence-electron chi connectivity index (χ3n) is 3.73. The molecule has 0 aliphatic heterocycles. The van der Waals surface area contributed by atoms with E-state index in [0.29, 0.717) is 18.2 Å². The van der Waals surface area contributed by atoms with Crippen LogP contribution in [-0.2, 0) is 6.61 Å². The van der Waals surface area contributed by atoms with Crippen LogP contribution in [0.4, 0.5) is 0 Å². The Balaban J connectivity index is 1.76. The molecule has 3 aromatic rings. The molecule has 0 aliphatic rings. The summed E-state index contributed by atoms with van der Waals surface area (Å²) in [5, 5.41) is 9.27. The molecule has 0 saturated heterocycles. The van der Waals surface area contributed by atoms with Crippen LogP contribution in [0, 0.1) is 0 Å². The Hall–Kier alpha value is -3.34. The fourth-order valence-electron chi connectivity index (χ4n) is 2.42. The maximum atomic E-state index is 11.3. The van der Waals surface area contributed by atoms with Gasteiger partial charge < -0.3 is 14.6 Å². The number of carboxylic acids is 1. The van der Waals surface area contributed by atoms with Crippen LogP contribution in [0.25, 0.3) is 11.1 Å².